The molecule has 15 heavy (non-hydrogen) atoms. The summed E-state index contributed by atoms with van der Waals surface area (Å²) in [7, 11) is 0. The molecule has 0 saturated heterocycles. The molecule has 0 fully saturated rings. The Morgan fingerprint density at radius 3 is 2.60 bits per heavy atom. The molecule has 2 rings (SSSR count). The Morgan fingerprint density at radius 1 is 1.13 bits per heavy atom. The summed E-state index contributed by atoms with van der Waals surface area (Å²) in [5, 5.41) is 11.9. The van der Waals surface area contributed by atoms with Crippen molar-refractivity contribution < 1.29 is 9.50 Å². The number of aromatic nitrogens is 1. The fraction of sp³-hybridized carbons (Fsp3) is 0.0833. The average Bonchev–Trinajstić information content (AvgIpc) is 2.30. The molecule has 0 aliphatic heterocycles. The van der Waals surface area contributed by atoms with E-state index in [2.05, 4.69) is 4.98 Å². The molecule has 0 amide bonds. The molecule has 2 aromatic rings. The van der Waals surface area contributed by atoms with Crippen LogP contribution in [0.25, 0.3) is 0 Å². The Hall–Kier alpha value is -1.74. The van der Waals surface area contributed by atoms with Gasteiger partial charge in [0.15, 0.2) is 0 Å². The summed E-state index contributed by atoms with van der Waals surface area (Å²) in [5.74, 6) is -0.471. The highest BCUT2D eigenvalue weighted by Gasteiger charge is 2.15. The van der Waals surface area contributed by atoms with Crippen LogP contribution in [-0.4, -0.2) is 4.98 Å². The fourth-order valence-corrected chi connectivity index (χ4v) is 1.40. The predicted molar refractivity (Wildman–Crippen MR) is 53.2 cm³/mol. The lowest BCUT2D eigenvalue weighted by molar-refractivity contribution is 0.121. The van der Waals surface area contributed by atoms with Crippen LogP contribution in [0.15, 0.2) is 48.8 Å². The van der Waals surface area contributed by atoms with Gasteiger partial charge in [0.25, 0.3) is 0 Å². The van der Waals surface area contributed by atoms with E-state index in [4.69, 9.17) is 0 Å². The summed E-state index contributed by atoms with van der Waals surface area (Å²) in [5.41, 5.74) is 0.633. The molecule has 1 radical (unpaired) electrons. The number of hydrogen-bond donors (Lipinski definition) is 0. The van der Waals surface area contributed by atoms with Crippen molar-refractivity contribution in [2.24, 2.45) is 0 Å². The Balaban J connectivity index is 2.37. The second kappa shape index (κ2) is 4.19. The van der Waals surface area contributed by atoms with Crippen LogP contribution in [0, 0.1) is 5.82 Å². The van der Waals surface area contributed by atoms with Crippen LogP contribution in [-0.2, 0) is 5.11 Å². The molecule has 2 nitrogen and oxygen atoms in total. The Bertz CT molecular complexity index is 444. The van der Waals surface area contributed by atoms with Crippen LogP contribution >= 0.6 is 0 Å². The fourth-order valence-electron chi connectivity index (χ4n) is 1.40. The van der Waals surface area contributed by atoms with Crippen molar-refractivity contribution in [3.05, 3.63) is 65.7 Å². The van der Waals surface area contributed by atoms with Crippen molar-refractivity contribution in [2.75, 3.05) is 0 Å². The highest BCUT2D eigenvalue weighted by atomic mass is 19.1. The van der Waals surface area contributed by atoms with Crippen molar-refractivity contribution >= 4 is 0 Å². The first-order chi connectivity index (χ1) is 7.29. The molecule has 75 valence electrons. The number of nitrogens with zero attached hydrogens (tertiary/aromatic N) is 1. The third-order valence-electron chi connectivity index (χ3n) is 2.17. The minimum atomic E-state index is -1.21. The van der Waals surface area contributed by atoms with Crippen LogP contribution in [0.3, 0.4) is 0 Å². The van der Waals surface area contributed by atoms with E-state index in [-0.39, 0.29) is 5.56 Å². The summed E-state index contributed by atoms with van der Waals surface area (Å²) in [6.45, 7) is 0. The van der Waals surface area contributed by atoms with Crippen LogP contribution < -0.4 is 0 Å². The minimum Gasteiger partial charge on any atom is -0.264 e. The first-order valence-corrected chi connectivity index (χ1v) is 4.59. The van der Waals surface area contributed by atoms with E-state index in [0.29, 0.717) is 5.56 Å². The van der Waals surface area contributed by atoms with E-state index in [1.165, 1.54) is 18.3 Å². The molecule has 0 N–H and O–H groups in total. The van der Waals surface area contributed by atoms with Gasteiger partial charge in [-0.25, -0.2) is 9.50 Å². The average molecular weight is 202 g/mol. The molecular formula is C12H9FNO. The second-order valence-corrected chi connectivity index (χ2v) is 3.19. The molecule has 1 unspecified atom stereocenters. The zero-order valence-electron chi connectivity index (χ0n) is 7.93. The molecule has 0 aliphatic rings. The Labute approximate surface area is 87.0 Å². The third-order valence-corrected chi connectivity index (χ3v) is 2.17. The summed E-state index contributed by atoms with van der Waals surface area (Å²) in [6, 6.07) is 9.32. The predicted octanol–water partition coefficient (Wildman–Crippen LogP) is 2.74. The Kier molecular flexibility index (Phi) is 2.74. The summed E-state index contributed by atoms with van der Waals surface area (Å²) in [6.07, 6.45) is 1.83. The molecule has 0 spiro atoms. The van der Waals surface area contributed by atoms with E-state index >= 15 is 0 Å². The summed E-state index contributed by atoms with van der Waals surface area (Å²) < 4.78 is 13.3. The van der Waals surface area contributed by atoms with Crippen LogP contribution in [0.5, 0.6) is 0 Å². The van der Waals surface area contributed by atoms with Crippen molar-refractivity contribution in [3.8, 4) is 0 Å². The van der Waals surface area contributed by atoms with Gasteiger partial charge in [-0.2, -0.15) is 0 Å². The van der Waals surface area contributed by atoms with E-state index in [1.807, 2.05) is 0 Å². The van der Waals surface area contributed by atoms with Gasteiger partial charge in [-0.1, -0.05) is 24.3 Å². The standard InChI is InChI=1S/C12H9FNO/c13-11-6-2-1-5-10(11)12(15)9-4-3-7-14-8-9/h1-8,12H. The number of rotatable bonds is 2. The molecule has 0 saturated carbocycles. The van der Waals surface area contributed by atoms with Crippen molar-refractivity contribution in [3.63, 3.8) is 0 Å². The summed E-state index contributed by atoms with van der Waals surface area (Å²) in [4.78, 5) is 3.84. The monoisotopic (exact) mass is 202 g/mol. The quantitative estimate of drug-likeness (QED) is 0.737. The van der Waals surface area contributed by atoms with E-state index in [9.17, 15) is 9.50 Å². The third kappa shape index (κ3) is 2.02. The van der Waals surface area contributed by atoms with Crippen LogP contribution in [0.1, 0.15) is 17.2 Å². The number of hydrogen-bond acceptors (Lipinski definition) is 1. The first kappa shape index (κ1) is 9.80. The molecule has 1 heterocycles. The lowest BCUT2D eigenvalue weighted by Gasteiger charge is -2.08. The molecule has 1 atom stereocenters. The van der Waals surface area contributed by atoms with Gasteiger partial charge in [0.2, 0.25) is 0 Å². The number of halogens is 1. The summed E-state index contributed by atoms with van der Waals surface area (Å²) >= 11 is 0. The maximum Gasteiger partial charge on any atom is 0.147 e. The van der Waals surface area contributed by atoms with Gasteiger partial charge in [-0.3, -0.25) is 4.98 Å². The maximum absolute atomic E-state index is 13.3. The van der Waals surface area contributed by atoms with E-state index in [0.717, 1.165) is 0 Å². The Morgan fingerprint density at radius 2 is 1.93 bits per heavy atom. The zero-order valence-corrected chi connectivity index (χ0v) is 7.93. The minimum absolute atomic E-state index is 0.158. The van der Waals surface area contributed by atoms with Gasteiger partial charge in [0, 0.05) is 23.5 Å². The molecular weight excluding hydrogens is 193 g/mol. The second-order valence-electron chi connectivity index (χ2n) is 3.19. The molecule has 3 heteroatoms. The van der Waals surface area contributed by atoms with E-state index in [1.54, 1.807) is 30.5 Å². The van der Waals surface area contributed by atoms with Crippen molar-refractivity contribution in [2.45, 2.75) is 6.10 Å². The number of benzene rings is 1. The van der Waals surface area contributed by atoms with E-state index < -0.39 is 11.9 Å². The van der Waals surface area contributed by atoms with Gasteiger partial charge >= 0.3 is 0 Å². The SMILES string of the molecule is [O]C(c1cccnc1)c1ccccc1F. The van der Waals surface area contributed by atoms with Gasteiger partial charge in [0.1, 0.15) is 11.9 Å². The molecule has 0 bridgehead atoms. The van der Waals surface area contributed by atoms with Crippen molar-refractivity contribution in [1.29, 1.82) is 0 Å². The normalized spacial score (nSPS) is 12.4. The van der Waals surface area contributed by atoms with Gasteiger partial charge in [-0.15, -0.1) is 0 Å². The number of pyridine rings is 1. The lowest BCUT2D eigenvalue weighted by atomic mass is 10.0. The van der Waals surface area contributed by atoms with Gasteiger partial charge in [0.05, 0.1) is 0 Å². The van der Waals surface area contributed by atoms with Crippen molar-refractivity contribution in [1.82, 2.24) is 4.98 Å². The zero-order chi connectivity index (χ0) is 10.7. The maximum atomic E-state index is 13.3. The van der Waals surface area contributed by atoms with Crippen LogP contribution in [0.2, 0.25) is 0 Å². The largest absolute Gasteiger partial charge is 0.264 e. The van der Waals surface area contributed by atoms with Gasteiger partial charge < -0.3 is 0 Å². The molecule has 1 aromatic carbocycles. The highest BCUT2D eigenvalue weighted by Crippen LogP contribution is 2.23. The molecule has 1 aromatic heterocycles. The molecule has 0 aliphatic carbocycles. The van der Waals surface area contributed by atoms with Gasteiger partial charge in [-0.05, 0) is 12.1 Å². The lowest BCUT2D eigenvalue weighted by Crippen LogP contribution is -2.00. The highest BCUT2D eigenvalue weighted by molar-refractivity contribution is 5.28. The topological polar surface area (TPSA) is 32.8 Å². The van der Waals surface area contributed by atoms with Crippen LogP contribution in [0.4, 0.5) is 4.39 Å². The smallest absolute Gasteiger partial charge is 0.147 e. The first-order valence-electron chi connectivity index (χ1n) is 4.59.